The maximum atomic E-state index is 11.0. The number of hydrogen-bond donors (Lipinski definition) is 2. The first-order valence-corrected chi connectivity index (χ1v) is 1.32. The Bertz CT molecular complexity index is 78.9. The molecule has 0 saturated carbocycles. The lowest BCUT2D eigenvalue weighted by atomic mass is 10.7. The van der Waals surface area contributed by atoms with E-state index in [0.717, 1.165) is 0 Å². The second-order valence-corrected chi connectivity index (χ2v) is 0.664. The summed E-state index contributed by atoms with van der Waals surface area (Å²) in [5.41, 5.74) is 0. The Morgan fingerprint density at radius 3 is 2.33 bits per heavy atom. The van der Waals surface area contributed by atoms with Crippen molar-refractivity contribution in [3.63, 3.8) is 0 Å². The van der Waals surface area contributed by atoms with Gasteiger partial charge in [-0.25, -0.2) is 0 Å². The summed E-state index contributed by atoms with van der Waals surface area (Å²) < 4.78 is 11.0. The third-order valence-corrected chi connectivity index (χ3v) is 0.221. The second kappa shape index (κ2) is 2.38. The summed E-state index contributed by atoms with van der Waals surface area (Å²) in [6.07, 6.45) is 1.11. The number of allylic oxidation sites excluding steroid dienone is 1. The first kappa shape index (κ1) is 5.14. The average molecular weight is 89.1 g/mol. The van der Waals surface area contributed by atoms with Crippen LogP contribution in [0.15, 0.2) is 12.3 Å². The lowest BCUT2D eigenvalue weighted by Crippen LogP contribution is -1.72. The van der Waals surface area contributed by atoms with Crippen LogP contribution in [0.4, 0.5) is 4.39 Å². The van der Waals surface area contributed by atoms with Crippen LogP contribution in [0.1, 0.15) is 0 Å². The highest BCUT2D eigenvalue weighted by Gasteiger charge is 1.74. The predicted molar refractivity (Wildman–Crippen MR) is 20.6 cm³/mol. The van der Waals surface area contributed by atoms with E-state index >= 15 is 0 Å². The van der Waals surface area contributed by atoms with Crippen molar-refractivity contribution in [2.45, 2.75) is 0 Å². The molecule has 34 valence electrons. The van der Waals surface area contributed by atoms with Gasteiger partial charge in [-0.1, -0.05) is 0 Å². The zero-order valence-corrected chi connectivity index (χ0v) is 2.98. The summed E-state index contributed by atoms with van der Waals surface area (Å²) in [5.74, 6) is -1.14. The molecule has 0 aliphatic heterocycles. The molecule has 0 fully saturated rings. The Kier molecular flexibility index (Phi) is 2.04. The van der Waals surface area contributed by atoms with Gasteiger partial charge < -0.3 is 5.11 Å². The lowest BCUT2D eigenvalue weighted by Gasteiger charge is -1.68. The van der Waals surface area contributed by atoms with Gasteiger partial charge in [0.2, 0.25) is 5.97 Å². The minimum atomic E-state index is -1.14. The zero-order chi connectivity index (χ0) is 4.99. The molecule has 0 bridgehead atoms. The maximum absolute atomic E-state index is 11.0. The van der Waals surface area contributed by atoms with E-state index < -0.39 is 5.97 Å². The molecular weight excluding hydrogens is 85.0 g/mol. The molecule has 0 radical (unpaired) electrons. The molecule has 0 aromatic rings. The Morgan fingerprint density at radius 1 is 1.83 bits per heavy atom. The van der Waals surface area contributed by atoms with E-state index in [1.165, 1.54) is 0 Å². The van der Waals surface area contributed by atoms with Crippen LogP contribution in [-0.4, -0.2) is 11.1 Å². The molecule has 2 nitrogen and oxygen atoms in total. The highest BCUT2D eigenvalue weighted by atomic mass is 19.1. The fraction of sp³-hybridized carbons (Fsp3) is 0. The summed E-state index contributed by atoms with van der Waals surface area (Å²) >= 11 is 0. The van der Waals surface area contributed by atoms with Gasteiger partial charge in [-0.3, -0.25) is 5.41 Å². The van der Waals surface area contributed by atoms with Crippen LogP contribution >= 0.6 is 0 Å². The van der Waals surface area contributed by atoms with Crippen molar-refractivity contribution in [2.24, 2.45) is 0 Å². The van der Waals surface area contributed by atoms with Crippen molar-refractivity contribution in [2.75, 3.05) is 0 Å². The number of hydrogen-bond acceptors (Lipinski definition) is 2. The van der Waals surface area contributed by atoms with Gasteiger partial charge >= 0.3 is 0 Å². The normalized spacial score (nSPS) is 9.50. The highest BCUT2D eigenvalue weighted by Crippen LogP contribution is 1.72. The number of rotatable bonds is 1. The van der Waals surface area contributed by atoms with Gasteiger partial charge in [-0.05, 0) is 0 Å². The number of aliphatic hydroxyl groups is 1. The van der Waals surface area contributed by atoms with E-state index in [9.17, 15) is 4.39 Å². The summed E-state index contributed by atoms with van der Waals surface area (Å²) in [6, 6.07) is 0. The largest absolute Gasteiger partial charge is 0.515 e. The third-order valence-electron chi connectivity index (χ3n) is 0.221. The van der Waals surface area contributed by atoms with Crippen LogP contribution in [0, 0.1) is 5.41 Å². The molecular formula is C3H4FNO. The molecule has 0 heterocycles. The van der Waals surface area contributed by atoms with Gasteiger partial charge in [-0.15, -0.1) is 0 Å². The minimum absolute atomic E-state index is 0.475. The molecule has 0 unspecified atom stereocenters. The van der Waals surface area contributed by atoms with Crippen molar-refractivity contribution < 1.29 is 9.50 Å². The monoisotopic (exact) mass is 89.0 g/mol. The van der Waals surface area contributed by atoms with E-state index in [2.05, 4.69) is 0 Å². The molecule has 0 aliphatic carbocycles. The van der Waals surface area contributed by atoms with Gasteiger partial charge in [0.15, 0.2) is 0 Å². The Labute approximate surface area is 34.4 Å². The fourth-order valence-electron chi connectivity index (χ4n) is 0.0654. The van der Waals surface area contributed by atoms with E-state index in [4.69, 9.17) is 10.5 Å². The molecule has 0 aromatic carbocycles. The molecule has 0 spiro atoms. The predicted octanol–water partition coefficient (Wildman–Crippen LogP) is 1.00. The zero-order valence-electron chi connectivity index (χ0n) is 2.98. The Morgan fingerprint density at radius 2 is 2.33 bits per heavy atom. The Hall–Kier alpha value is -0.860. The van der Waals surface area contributed by atoms with Gasteiger partial charge in [0.05, 0.1) is 6.26 Å². The molecule has 0 amide bonds. The van der Waals surface area contributed by atoms with E-state index in [-0.39, 0.29) is 0 Å². The van der Waals surface area contributed by atoms with Gasteiger partial charge in [0.1, 0.15) is 0 Å². The highest BCUT2D eigenvalue weighted by molar-refractivity contribution is 5.82. The maximum Gasteiger partial charge on any atom is 0.208 e. The van der Waals surface area contributed by atoms with Gasteiger partial charge in [-0.2, -0.15) is 4.39 Å². The van der Waals surface area contributed by atoms with Crippen molar-refractivity contribution in [1.29, 1.82) is 5.41 Å². The van der Waals surface area contributed by atoms with Crippen LogP contribution in [0.25, 0.3) is 0 Å². The molecule has 0 saturated heterocycles. The summed E-state index contributed by atoms with van der Waals surface area (Å²) in [7, 11) is 0. The molecule has 2 N–H and O–H groups in total. The van der Waals surface area contributed by atoms with Crippen molar-refractivity contribution in [1.82, 2.24) is 0 Å². The molecule has 0 aromatic heterocycles. The molecule has 0 atom stereocenters. The first-order chi connectivity index (χ1) is 2.77. The molecule has 0 aliphatic rings. The van der Waals surface area contributed by atoms with Crippen LogP contribution < -0.4 is 0 Å². The smallest absolute Gasteiger partial charge is 0.208 e. The summed E-state index contributed by atoms with van der Waals surface area (Å²) in [5, 5.41) is 13.7. The second-order valence-electron chi connectivity index (χ2n) is 0.664. The molecule has 3 heteroatoms. The van der Waals surface area contributed by atoms with Crippen LogP contribution in [0.3, 0.4) is 0 Å². The topological polar surface area (TPSA) is 44.1 Å². The minimum Gasteiger partial charge on any atom is -0.515 e. The van der Waals surface area contributed by atoms with Crippen LogP contribution in [0.5, 0.6) is 0 Å². The fourth-order valence-corrected chi connectivity index (χ4v) is 0.0654. The molecule has 0 rings (SSSR count). The summed E-state index contributed by atoms with van der Waals surface area (Å²) in [6.45, 7) is 0. The van der Waals surface area contributed by atoms with Crippen molar-refractivity contribution in [3.05, 3.63) is 12.3 Å². The van der Waals surface area contributed by atoms with Gasteiger partial charge in [0, 0.05) is 6.08 Å². The number of nitrogens with one attached hydrogen (secondary N) is 1. The molecule has 6 heavy (non-hydrogen) atoms. The average Bonchev–Trinajstić information content (AvgIpc) is 1.35. The van der Waals surface area contributed by atoms with Crippen molar-refractivity contribution >= 4 is 5.97 Å². The van der Waals surface area contributed by atoms with E-state index in [0.29, 0.717) is 12.3 Å². The summed E-state index contributed by atoms with van der Waals surface area (Å²) in [4.78, 5) is 0. The van der Waals surface area contributed by atoms with E-state index in [1.807, 2.05) is 0 Å². The number of aliphatic hydroxyl groups excluding tert-OH is 1. The SMILES string of the molecule is N=C(F)/C=C\O. The van der Waals surface area contributed by atoms with Crippen LogP contribution in [0.2, 0.25) is 0 Å². The Balaban J connectivity index is 3.30. The van der Waals surface area contributed by atoms with Crippen LogP contribution in [-0.2, 0) is 0 Å². The standard InChI is InChI=1S/C3H4FNO/c4-3(5)1-2-6/h1-2,5-6H/b2-1-,5-3?. The van der Waals surface area contributed by atoms with E-state index in [1.54, 1.807) is 0 Å². The quantitative estimate of drug-likeness (QED) is 0.365. The number of halogens is 1. The third kappa shape index (κ3) is 3.14. The van der Waals surface area contributed by atoms with Gasteiger partial charge in [0.25, 0.3) is 0 Å². The lowest BCUT2D eigenvalue weighted by molar-refractivity contribution is 0.473. The van der Waals surface area contributed by atoms with Crippen molar-refractivity contribution in [3.8, 4) is 0 Å². The first-order valence-electron chi connectivity index (χ1n) is 1.32.